The first kappa shape index (κ1) is 23.7. The molecule has 0 saturated carbocycles. The molecule has 1 unspecified atom stereocenters. The maximum atomic E-state index is 10.2. The van der Waals surface area contributed by atoms with E-state index in [1.54, 1.807) is 6.07 Å². The third kappa shape index (κ3) is 9.93. The molecule has 3 heteroatoms. The van der Waals surface area contributed by atoms with E-state index in [0.29, 0.717) is 0 Å². The van der Waals surface area contributed by atoms with Crippen LogP contribution in [0.2, 0.25) is 0 Å². The van der Waals surface area contributed by atoms with Gasteiger partial charge in [-0.1, -0.05) is 96.1 Å². The SMILES string of the molecule is CCCCCCCC=C(C)C(CCCCCCCCC)c1cc(O)[nH]c1O. The summed E-state index contributed by atoms with van der Waals surface area (Å²) >= 11 is 0. The average Bonchev–Trinajstić information content (AvgIpc) is 2.98. The molecule has 0 aromatic carbocycles. The molecule has 0 aliphatic heterocycles. The highest BCUT2D eigenvalue weighted by atomic mass is 16.3. The lowest BCUT2D eigenvalue weighted by Gasteiger charge is -2.18. The van der Waals surface area contributed by atoms with E-state index >= 15 is 0 Å². The van der Waals surface area contributed by atoms with E-state index in [2.05, 4.69) is 31.8 Å². The molecule has 0 amide bonds. The number of rotatable bonds is 16. The number of unbranched alkanes of at least 4 members (excludes halogenated alkanes) is 11. The van der Waals surface area contributed by atoms with E-state index in [9.17, 15) is 10.2 Å². The molecule has 1 aromatic rings. The molecule has 156 valence electrons. The quantitative estimate of drug-likeness (QED) is 0.202. The average molecular weight is 378 g/mol. The van der Waals surface area contributed by atoms with Crippen LogP contribution in [0.3, 0.4) is 0 Å². The van der Waals surface area contributed by atoms with Gasteiger partial charge in [-0.05, 0) is 26.2 Å². The van der Waals surface area contributed by atoms with Crippen LogP contribution in [-0.4, -0.2) is 15.2 Å². The molecular weight excluding hydrogens is 334 g/mol. The highest BCUT2D eigenvalue weighted by Crippen LogP contribution is 2.37. The summed E-state index contributed by atoms with van der Waals surface area (Å²) in [6.45, 7) is 6.68. The molecule has 1 aromatic heterocycles. The van der Waals surface area contributed by atoms with Gasteiger partial charge in [-0.15, -0.1) is 0 Å². The third-order valence-corrected chi connectivity index (χ3v) is 5.61. The van der Waals surface area contributed by atoms with Crippen molar-refractivity contribution in [2.45, 2.75) is 117 Å². The summed E-state index contributed by atoms with van der Waals surface area (Å²) in [7, 11) is 0. The fourth-order valence-corrected chi connectivity index (χ4v) is 3.86. The fourth-order valence-electron chi connectivity index (χ4n) is 3.86. The van der Waals surface area contributed by atoms with Crippen molar-refractivity contribution in [3.05, 3.63) is 23.3 Å². The van der Waals surface area contributed by atoms with Crippen LogP contribution in [0.5, 0.6) is 11.8 Å². The Balaban J connectivity index is 2.54. The minimum Gasteiger partial charge on any atom is -0.495 e. The van der Waals surface area contributed by atoms with Crippen molar-refractivity contribution >= 4 is 0 Å². The van der Waals surface area contributed by atoms with Gasteiger partial charge in [0.05, 0.1) is 0 Å². The van der Waals surface area contributed by atoms with E-state index in [-0.39, 0.29) is 17.7 Å². The van der Waals surface area contributed by atoms with Crippen molar-refractivity contribution in [2.24, 2.45) is 0 Å². The third-order valence-electron chi connectivity index (χ3n) is 5.61. The molecule has 3 N–H and O–H groups in total. The number of aromatic hydroxyl groups is 2. The van der Waals surface area contributed by atoms with Gasteiger partial charge in [0.25, 0.3) is 0 Å². The lowest BCUT2D eigenvalue weighted by Crippen LogP contribution is -2.01. The van der Waals surface area contributed by atoms with Crippen LogP contribution < -0.4 is 0 Å². The summed E-state index contributed by atoms with van der Waals surface area (Å²) in [6, 6.07) is 1.69. The zero-order chi connectivity index (χ0) is 19.9. The molecule has 1 rings (SSSR count). The number of hydrogen-bond acceptors (Lipinski definition) is 2. The van der Waals surface area contributed by atoms with Gasteiger partial charge in [-0.2, -0.15) is 0 Å². The van der Waals surface area contributed by atoms with E-state index in [4.69, 9.17) is 0 Å². The normalized spacial score (nSPS) is 13.2. The molecule has 0 saturated heterocycles. The van der Waals surface area contributed by atoms with Crippen molar-refractivity contribution in [3.8, 4) is 11.8 Å². The second kappa shape index (κ2) is 14.6. The molecular formula is C24H43NO2. The lowest BCUT2D eigenvalue weighted by atomic mass is 9.87. The first-order valence-corrected chi connectivity index (χ1v) is 11.4. The van der Waals surface area contributed by atoms with Gasteiger partial charge in [0, 0.05) is 17.5 Å². The summed E-state index contributed by atoms with van der Waals surface area (Å²) in [4.78, 5) is 2.64. The molecule has 0 radical (unpaired) electrons. The monoisotopic (exact) mass is 377 g/mol. The highest BCUT2D eigenvalue weighted by Gasteiger charge is 2.19. The van der Waals surface area contributed by atoms with Crippen molar-refractivity contribution in [3.63, 3.8) is 0 Å². The van der Waals surface area contributed by atoms with Gasteiger partial charge in [-0.3, -0.25) is 4.98 Å². The molecule has 0 bridgehead atoms. The summed E-state index contributed by atoms with van der Waals surface area (Å²) in [6.07, 6.45) is 20.0. The minimum absolute atomic E-state index is 0.0550. The molecule has 1 heterocycles. The Morgan fingerprint density at radius 2 is 1.44 bits per heavy atom. The molecule has 3 nitrogen and oxygen atoms in total. The number of hydrogen-bond donors (Lipinski definition) is 3. The van der Waals surface area contributed by atoms with Gasteiger partial charge in [-0.25, -0.2) is 0 Å². The van der Waals surface area contributed by atoms with Gasteiger partial charge in [0.15, 0.2) is 11.8 Å². The van der Waals surface area contributed by atoms with Crippen LogP contribution in [0.4, 0.5) is 0 Å². The second-order valence-corrected chi connectivity index (χ2v) is 8.07. The number of H-pyrrole nitrogens is 1. The number of aromatic amines is 1. The van der Waals surface area contributed by atoms with E-state index in [1.165, 1.54) is 82.6 Å². The zero-order valence-electron chi connectivity index (χ0n) is 18.0. The Morgan fingerprint density at radius 3 is 2.00 bits per heavy atom. The molecule has 0 aliphatic carbocycles. The number of allylic oxidation sites excluding steroid dienone is 2. The largest absolute Gasteiger partial charge is 0.495 e. The number of aromatic nitrogens is 1. The Morgan fingerprint density at radius 1 is 0.889 bits per heavy atom. The van der Waals surface area contributed by atoms with Gasteiger partial charge in [0.2, 0.25) is 0 Å². The first-order chi connectivity index (χ1) is 13.1. The summed E-state index contributed by atoms with van der Waals surface area (Å²) in [5.41, 5.74) is 2.17. The maximum absolute atomic E-state index is 10.2. The molecule has 0 fully saturated rings. The van der Waals surface area contributed by atoms with Crippen LogP contribution in [0.25, 0.3) is 0 Å². The Labute approximate surface area is 167 Å². The van der Waals surface area contributed by atoms with E-state index < -0.39 is 0 Å². The Kier molecular flexibility index (Phi) is 12.8. The van der Waals surface area contributed by atoms with Crippen LogP contribution in [0.1, 0.15) is 122 Å². The topological polar surface area (TPSA) is 56.2 Å². The van der Waals surface area contributed by atoms with Crippen molar-refractivity contribution in [2.75, 3.05) is 0 Å². The van der Waals surface area contributed by atoms with E-state index in [0.717, 1.165) is 18.4 Å². The van der Waals surface area contributed by atoms with Crippen LogP contribution in [0.15, 0.2) is 17.7 Å². The van der Waals surface area contributed by atoms with Gasteiger partial charge in [0.1, 0.15) is 0 Å². The fraction of sp³-hybridized carbons (Fsp3) is 0.750. The van der Waals surface area contributed by atoms with Crippen molar-refractivity contribution in [1.82, 2.24) is 4.98 Å². The summed E-state index contributed by atoms with van der Waals surface area (Å²) in [5, 5.41) is 19.9. The summed E-state index contributed by atoms with van der Waals surface area (Å²) in [5.74, 6) is 0.379. The van der Waals surface area contributed by atoms with Gasteiger partial charge >= 0.3 is 0 Å². The summed E-state index contributed by atoms with van der Waals surface area (Å²) < 4.78 is 0. The highest BCUT2D eigenvalue weighted by molar-refractivity contribution is 5.40. The smallest absolute Gasteiger partial charge is 0.195 e. The van der Waals surface area contributed by atoms with E-state index in [1.807, 2.05) is 0 Å². The molecule has 1 atom stereocenters. The standard InChI is InChI=1S/C24H43NO2/c1-4-6-8-10-12-14-16-18-21(22-19-23(26)25-24(22)27)20(3)17-15-13-11-9-7-5-2/h17,19,21,25-27H,4-16,18H2,1-3H3. The van der Waals surface area contributed by atoms with Crippen molar-refractivity contribution < 1.29 is 10.2 Å². The minimum atomic E-state index is 0.0550. The van der Waals surface area contributed by atoms with Crippen LogP contribution >= 0.6 is 0 Å². The lowest BCUT2D eigenvalue weighted by molar-refractivity contribution is 0.421. The zero-order valence-corrected chi connectivity index (χ0v) is 18.0. The Hall–Kier alpha value is -1.38. The predicted molar refractivity (Wildman–Crippen MR) is 117 cm³/mol. The maximum Gasteiger partial charge on any atom is 0.195 e. The van der Waals surface area contributed by atoms with Crippen molar-refractivity contribution in [1.29, 1.82) is 0 Å². The first-order valence-electron chi connectivity index (χ1n) is 11.4. The molecule has 27 heavy (non-hydrogen) atoms. The second-order valence-electron chi connectivity index (χ2n) is 8.07. The van der Waals surface area contributed by atoms with Crippen LogP contribution in [-0.2, 0) is 0 Å². The number of nitrogens with one attached hydrogen (secondary N) is 1. The van der Waals surface area contributed by atoms with Crippen LogP contribution in [0, 0.1) is 0 Å². The predicted octanol–water partition coefficient (Wildman–Crippen LogP) is 7.96. The molecule has 0 aliphatic rings. The van der Waals surface area contributed by atoms with Gasteiger partial charge < -0.3 is 10.2 Å². The molecule has 0 spiro atoms. The Bertz CT molecular complexity index is 518.